The standard InChI is InChI=1S/C11H11N3OS2/c15-10(14-6-9-2-5-16-7-9)8-17-11-12-3-1-4-13-11/h1-5,7H,6,8H2,(H,14,15). The first-order chi connectivity index (χ1) is 8.34. The largest absolute Gasteiger partial charge is 0.351 e. The average Bonchev–Trinajstić information content (AvgIpc) is 2.88. The number of aromatic nitrogens is 2. The molecule has 1 amide bonds. The van der Waals surface area contributed by atoms with Gasteiger partial charge in [0.2, 0.25) is 5.91 Å². The topological polar surface area (TPSA) is 54.9 Å². The summed E-state index contributed by atoms with van der Waals surface area (Å²) in [5, 5.41) is 7.49. The molecule has 2 rings (SSSR count). The van der Waals surface area contributed by atoms with Crippen LogP contribution in [0.4, 0.5) is 0 Å². The molecular formula is C11H11N3OS2. The fourth-order valence-corrected chi connectivity index (χ4v) is 2.44. The van der Waals surface area contributed by atoms with Crippen LogP contribution >= 0.6 is 23.1 Å². The molecule has 2 aromatic heterocycles. The molecule has 1 N–H and O–H groups in total. The lowest BCUT2D eigenvalue weighted by molar-refractivity contribution is -0.118. The second-order valence-corrected chi connectivity index (χ2v) is 4.95. The van der Waals surface area contributed by atoms with Gasteiger partial charge in [-0.1, -0.05) is 11.8 Å². The fourth-order valence-electron chi connectivity index (χ4n) is 1.13. The van der Waals surface area contributed by atoms with Crippen LogP contribution in [0.2, 0.25) is 0 Å². The minimum atomic E-state index is -0.00588. The summed E-state index contributed by atoms with van der Waals surface area (Å²) in [5.74, 6) is 0.336. The Labute approximate surface area is 107 Å². The molecule has 0 aromatic carbocycles. The van der Waals surface area contributed by atoms with Gasteiger partial charge in [0.05, 0.1) is 5.75 Å². The van der Waals surface area contributed by atoms with Crippen molar-refractivity contribution in [3.63, 3.8) is 0 Å². The third-order valence-corrected chi connectivity index (χ3v) is 3.55. The highest BCUT2D eigenvalue weighted by Gasteiger charge is 2.04. The van der Waals surface area contributed by atoms with Crippen molar-refractivity contribution in [1.82, 2.24) is 15.3 Å². The van der Waals surface area contributed by atoms with Gasteiger partial charge >= 0.3 is 0 Å². The predicted molar refractivity (Wildman–Crippen MR) is 68.9 cm³/mol. The molecule has 0 aliphatic heterocycles. The molecule has 0 fully saturated rings. The summed E-state index contributed by atoms with van der Waals surface area (Å²) in [6.45, 7) is 0.582. The first kappa shape index (κ1) is 12.1. The third-order valence-electron chi connectivity index (χ3n) is 1.94. The Bertz CT molecular complexity index is 459. The maximum absolute atomic E-state index is 11.5. The summed E-state index contributed by atoms with van der Waals surface area (Å²) in [7, 11) is 0. The van der Waals surface area contributed by atoms with Crippen LogP contribution in [-0.2, 0) is 11.3 Å². The van der Waals surface area contributed by atoms with E-state index < -0.39 is 0 Å². The highest BCUT2D eigenvalue weighted by Crippen LogP contribution is 2.10. The van der Waals surface area contributed by atoms with E-state index in [0.29, 0.717) is 17.5 Å². The summed E-state index contributed by atoms with van der Waals surface area (Å²) in [4.78, 5) is 19.6. The molecule has 0 saturated heterocycles. The van der Waals surface area contributed by atoms with E-state index in [1.165, 1.54) is 11.8 Å². The predicted octanol–water partition coefficient (Wildman–Crippen LogP) is 1.95. The van der Waals surface area contributed by atoms with E-state index in [1.54, 1.807) is 29.8 Å². The fraction of sp³-hybridized carbons (Fsp3) is 0.182. The van der Waals surface area contributed by atoms with Crippen LogP contribution in [0, 0.1) is 0 Å². The van der Waals surface area contributed by atoms with Crippen LogP contribution in [0.1, 0.15) is 5.56 Å². The Kier molecular flexibility index (Phi) is 4.52. The first-order valence-corrected chi connectivity index (χ1v) is 6.95. The summed E-state index contributed by atoms with van der Waals surface area (Å²) in [6.07, 6.45) is 3.33. The Morgan fingerprint density at radius 2 is 2.24 bits per heavy atom. The van der Waals surface area contributed by atoms with Gasteiger partial charge in [-0.15, -0.1) is 0 Å². The van der Waals surface area contributed by atoms with E-state index >= 15 is 0 Å². The highest BCUT2D eigenvalue weighted by atomic mass is 32.2. The lowest BCUT2D eigenvalue weighted by Crippen LogP contribution is -2.24. The van der Waals surface area contributed by atoms with Crippen molar-refractivity contribution in [2.45, 2.75) is 11.7 Å². The normalized spacial score (nSPS) is 10.1. The number of hydrogen-bond donors (Lipinski definition) is 1. The number of nitrogens with zero attached hydrogens (tertiary/aromatic N) is 2. The SMILES string of the molecule is O=C(CSc1ncccn1)NCc1ccsc1. The van der Waals surface area contributed by atoms with Gasteiger partial charge in [-0.3, -0.25) is 4.79 Å². The zero-order valence-corrected chi connectivity index (χ0v) is 10.6. The van der Waals surface area contributed by atoms with E-state index in [1.807, 2.05) is 16.8 Å². The molecule has 0 atom stereocenters. The number of rotatable bonds is 5. The molecule has 6 heteroatoms. The molecule has 0 aliphatic rings. The molecule has 88 valence electrons. The summed E-state index contributed by atoms with van der Waals surface area (Å²) in [6, 6.07) is 3.75. The van der Waals surface area contributed by atoms with Crippen molar-refractivity contribution in [2.75, 3.05) is 5.75 Å². The molecule has 0 saturated carbocycles. The van der Waals surface area contributed by atoms with Gasteiger partial charge in [-0.2, -0.15) is 11.3 Å². The minimum absolute atomic E-state index is 0.00588. The summed E-state index contributed by atoms with van der Waals surface area (Å²) < 4.78 is 0. The summed E-state index contributed by atoms with van der Waals surface area (Å²) in [5.41, 5.74) is 1.13. The van der Waals surface area contributed by atoms with E-state index in [-0.39, 0.29) is 5.91 Å². The number of amides is 1. The van der Waals surface area contributed by atoms with E-state index in [0.717, 1.165) is 5.56 Å². The van der Waals surface area contributed by atoms with Crippen LogP contribution in [0.15, 0.2) is 40.4 Å². The maximum Gasteiger partial charge on any atom is 0.230 e. The average molecular weight is 265 g/mol. The van der Waals surface area contributed by atoms with Crippen LogP contribution in [0.25, 0.3) is 0 Å². The molecule has 0 spiro atoms. The molecular weight excluding hydrogens is 254 g/mol. The zero-order valence-electron chi connectivity index (χ0n) is 9.00. The second kappa shape index (κ2) is 6.36. The number of thiophene rings is 1. The Hall–Kier alpha value is -1.40. The monoisotopic (exact) mass is 265 g/mol. The minimum Gasteiger partial charge on any atom is -0.351 e. The third kappa shape index (κ3) is 4.16. The van der Waals surface area contributed by atoms with E-state index in [4.69, 9.17) is 0 Å². The lowest BCUT2D eigenvalue weighted by Gasteiger charge is -2.02. The van der Waals surface area contributed by atoms with Crippen molar-refractivity contribution in [3.8, 4) is 0 Å². The van der Waals surface area contributed by atoms with Gasteiger partial charge in [-0.05, 0) is 28.5 Å². The second-order valence-electron chi connectivity index (χ2n) is 3.23. The van der Waals surface area contributed by atoms with Crippen LogP contribution in [-0.4, -0.2) is 21.6 Å². The smallest absolute Gasteiger partial charge is 0.230 e. The molecule has 2 aromatic rings. The van der Waals surface area contributed by atoms with Crippen molar-refractivity contribution < 1.29 is 4.79 Å². The molecule has 0 unspecified atom stereocenters. The van der Waals surface area contributed by atoms with E-state index in [2.05, 4.69) is 15.3 Å². The lowest BCUT2D eigenvalue weighted by atomic mass is 10.3. The van der Waals surface area contributed by atoms with Crippen LogP contribution in [0.5, 0.6) is 0 Å². The molecule has 2 heterocycles. The van der Waals surface area contributed by atoms with Gasteiger partial charge in [0.25, 0.3) is 0 Å². The molecule has 0 aliphatic carbocycles. The van der Waals surface area contributed by atoms with E-state index in [9.17, 15) is 4.79 Å². The van der Waals surface area contributed by atoms with Gasteiger partial charge in [0.1, 0.15) is 0 Å². The maximum atomic E-state index is 11.5. The van der Waals surface area contributed by atoms with Crippen LogP contribution in [0.3, 0.4) is 0 Å². The number of thioether (sulfide) groups is 1. The van der Waals surface area contributed by atoms with Crippen molar-refractivity contribution >= 4 is 29.0 Å². The molecule has 0 radical (unpaired) electrons. The Balaban J connectivity index is 1.71. The quantitative estimate of drug-likeness (QED) is 0.663. The summed E-state index contributed by atoms with van der Waals surface area (Å²) >= 11 is 2.96. The molecule has 4 nitrogen and oxygen atoms in total. The Morgan fingerprint density at radius 1 is 1.41 bits per heavy atom. The number of carbonyl (C=O) groups is 1. The van der Waals surface area contributed by atoms with Crippen LogP contribution < -0.4 is 5.32 Å². The number of carbonyl (C=O) groups excluding carboxylic acids is 1. The number of hydrogen-bond acceptors (Lipinski definition) is 5. The van der Waals surface area contributed by atoms with Gasteiger partial charge in [0.15, 0.2) is 5.16 Å². The van der Waals surface area contributed by atoms with Gasteiger partial charge in [0, 0.05) is 18.9 Å². The molecule has 17 heavy (non-hydrogen) atoms. The van der Waals surface area contributed by atoms with Crippen molar-refractivity contribution in [3.05, 3.63) is 40.8 Å². The molecule has 0 bridgehead atoms. The van der Waals surface area contributed by atoms with Crippen molar-refractivity contribution in [2.24, 2.45) is 0 Å². The van der Waals surface area contributed by atoms with Crippen molar-refractivity contribution in [1.29, 1.82) is 0 Å². The first-order valence-electron chi connectivity index (χ1n) is 5.02. The highest BCUT2D eigenvalue weighted by molar-refractivity contribution is 7.99. The van der Waals surface area contributed by atoms with Gasteiger partial charge < -0.3 is 5.32 Å². The zero-order chi connectivity index (χ0) is 11.9. The Morgan fingerprint density at radius 3 is 2.94 bits per heavy atom. The van der Waals surface area contributed by atoms with Gasteiger partial charge in [-0.25, -0.2) is 9.97 Å². The number of nitrogens with one attached hydrogen (secondary N) is 1.